The summed E-state index contributed by atoms with van der Waals surface area (Å²) < 4.78 is 23.4. The molecule has 2 aromatic rings. The number of benzene rings is 2. The average molecular weight is 440 g/mol. The number of methoxy groups -OCH3 is 2. The van der Waals surface area contributed by atoms with Gasteiger partial charge >= 0.3 is 5.97 Å². The number of carbonyl (C=O) groups excluding carboxylic acids is 1. The number of esters is 1. The number of nitrogens with zero attached hydrogens (tertiary/aromatic N) is 2. The second-order valence-corrected chi connectivity index (χ2v) is 8.46. The molecule has 4 atom stereocenters. The molecule has 32 heavy (non-hydrogen) atoms. The fourth-order valence-electron chi connectivity index (χ4n) is 5.32. The lowest BCUT2D eigenvalue weighted by Crippen LogP contribution is -2.68. The number of rotatable bonds is 4. The van der Waals surface area contributed by atoms with E-state index in [2.05, 4.69) is 0 Å². The minimum Gasteiger partial charge on any atom is -0.478 e. The maximum Gasteiger partial charge on any atom is 0.329 e. The van der Waals surface area contributed by atoms with Crippen molar-refractivity contribution in [2.24, 2.45) is 0 Å². The Morgan fingerprint density at radius 1 is 1.22 bits per heavy atom. The zero-order chi connectivity index (χ0) is 22.6. The van der Waals surface area contributed by atoms with Gasteiger partial charge in [-0.25, -0.2) is 4.79 Å². The number of nitro groups is 1. The second kappa shape index (κ2) is 7.46. The molecule has 0 saturated carbocycles. The maximum atomic E-state index is 13.2. The Hall–Kier alpha value is -3.17. The van der Waals surface area contributed by atoms with Crippen molar-refractivity contribution in [3.63, 3.8) is 0 Å². The van der Waals surface area contributed by atoms with E-state index < -0.39 is 35.0 Å². The zero-order valence-electron chi connectivity index (χ0n) is 18.0. The number of fused-ring (bicyclic) bond motifs is 7. The molecular formula is C23H24N2O7. The highest BCUT2D eigenvalue weighted by Gasteiger charge is 2.61. The van der Waals surface area contributed by atoms with E-state index in [0.29, 0.717) is 17.7 Å². The molecule has 1 saturated heterocycles. The van der Waals surface area contributed by atoms with Gasteiger partial charge < -0.3 is 23.8 Å². The van der Waals surface area contributed by atoms with Crippen LogP contribution >= 0.6 is 0 Å². The lowest BCUT2D eigenvalue weighted by molar-refractivity contribution is -0.385. The summed E-state index contributed by atoms with van der Waals surface area (Å²) in [5.74, 6) is 0.119. The Bertz CT molecular complexity index is 1090. The molecule has 0 N–H and O–H groups in total. The second-order valence-electron chi connectivity index (χ2n) is 8.46. The summed E-state index contributed by atoms with van der Waals surface area (Å²) in [6, 6.07) is 11.4. The monoisotopic (exact) mass is 440 g/mol. The van der Waals surface area contributed by atoms with Gasteiger partial charge in [-0.15, -0.1) is 0 Å². The van der Waals surface area contributed by atoms with Crippen molar-refractivity contribution in [1.29, 1.82) is 0 Å². The highest BCUT2D eigenvalue weighted by molar-refractivity contribution is 5.84. The predicted molar refractivity (Wildman–Crippen MR) is 114 cm³/mol. The summed E-state index contributed by atoms with van der Waals surface area (Å²) in [5, 5.41) is 11.5. The number of carbonyl (C=O) groups is 1. The van der Waals surface area contributed by atoms with Crippen LogP contribution in [0.3, 0.4) is 0 Å². The molecule has 0 aromatic heterocycles. The third kappa shape index (κ3) is 2.88. The number of ether oxygens (including phenoxy) is 4. The molecule has 0 bridgehead atoms. The summed E-state index contributed by atoms with van der Waals surface area (Å²) >= 11 is 0. The molecule has 3 aliphatic heterocycles. The topological polar surface area (TPSA) is 100 Å². The van der Waals surface area contributed by atoms with Crippen molar-refractivity contribution < 1.29 is 28.7 Å². The van der Waals surface area contributed by atoms with Crippen molar-refractivity contribution in [3.8, 4) is 5.75 Å². The minimum absolute atomic E-state index is 0.0523. The highest BCUT2D eigenvalue weighted by Crippen LogP contribution is 2.52. The summed E-state index contributed by atoms with van der Waals surface area (Å²) in [6.07, 6.45) is -0.323. The first-order valence-electron chi connectivity index (χ1n) is 10.5. The van der Waals surface area contributed by atoms with Gasteiger partial charge in [0.2, 0.25) is 6.29 Å². The van der Waals surface area contributed by atoms with E-state index in [1.165, 1.54) is 26.4 Å². The first-order chi connectivity index (χ1) is 15.4. The Morgan fingerprint density at radius 2 is 1.97 bits per heavy atom. The molecule has 1 unspecified atom stereocenters. The first-order valence-corrected chi connectivity index (χ1v) is 10.5. The van der Waals surface area contributed by atoms with Crippen molar-refractivity contribution in [2.45, 2.75) is 49.8 Å². The first kappa shape index (κ1) is 20.7. The maximum absolute atomic E-state index is 13.2. The van der Waals surface area contributed by atoms with Crippen LogP contribution in [0.5, 0.6) is 5.75 Å². The van der Waals surface area contributed by atoms with E-state index in [1.807, 2.05) is 29.2 Å². The molecule has 5 rings (SSSR count). The van der Waals surface area contributed by atoms with Crippen LogP contribution in [0.1, 0.15) is 30.5 Å². The molecule has 0 radical (unpaired) electrons. The molecule has 0 aliphatic carbocycles. The van der Waals surface area contributed by atoms with E-state index in [9.17, 15) is 14.9 Å². The minimum atomic E-state index is -1.19. The van der Waals surface area contributed by atoms with Gasteiger partial charge in [0.25, 0.3) is 5.69 Å². The van der Waals surface area contributed by atoms with Crippen molar-refractivity contribution >= 4 is 17.3 Å². The Morgan fingerprint density at radius 3 is 2.69 bits per heavy atom. The number of aryl methyl sites for hydroxylation is 1. The third-order valence-electron chi connectivity index (χ3n) is 6.71. The lowest BCUT2D eigenvalue weighted by atomic mass is 9.79. The van der Waals surface area contributed by atoms with Crippen LogP contribution in [0.15, 0.2) is 42.5 Å². The predicted octanol–water partition coefficient (Wildman–Crippen LogP) is 3.15. The molecule has 0 spiro atoms. The van der Waals surface area contributed by atoms with Crippen LogP contribution in [0.2, 0.25) is 0 Å². The van der Waals surface area contributed by atoms with Gasteiger partial charge in [0.1, 0.15) is 17.8 Å². The Balaban J connectivity index is 1.75. The number of hydrogen-bond donors (Lipinski definition) is 0. The van der Waals surface area contributed by atoms with Gasteiger partial charge in [0.15, 0.2) is 11.7 Å². The van der Waals surface area contributed by atoms with Crippen molar-refractivity contribution in [3.05, 3.63) is 63.7 Å². The van der Waals surface area contributed by atoms with Gasteiger partial charge in [-0.3, -0.25) is 10.1 Å². The normalized spacial score (nSPS) is 28.1. The Labute approximate surface area is 185 Å². The number of nitro benzene ring substituents is 1. The molecule has 0 amide bonds. The standard InChI is InChI=1S/C23H24N2O7/c1-23(22(29-2)30-3)20-19(15-12-14(25(27)28)9-11-18(15)32-23)24-16-7-5-4-6-13(16)8-10-17(24)21(26)31-20/h4-7,9,11-12,17,19-20,22H,8,10H2,1-3H3/t17?,19-,20-,23+/m0/s1. The van der Waals surface area contributed by atoms with Crippen LogP contribution in [0.25, 0.3) is 0 Å². The average Bonchev–Trinajstić information content (AvgIpc) is 2.79. The number of non-ortho nitro benzene ring substituents is 1. The largest absolute Gasteiger partial charge is 0.478 e. The van der Waals surface area contributed by atoms with E-state index in [0.717, 1.165) is 17.7 Å². The van der Waals surface area contributed by atoms with Gasteiger partial charge in [-0.05, 0) is 37.5 Å². The molecule has 9 nitrogen and oxygen atoms in total. The molecule has 168 valence electrons. The van der Waals surface area contributed by atoms with E-state index >= 15 is 0 Å². The third-order valence-corrected chi connectivity index (χ3v) is 6.71. The van der Waals surface area contributed by atoms with Crippen LogP contribution in [0, 0.1) is 10.1 Å². The molecule has 2 aromatic carbocycles. The summed E-state index contributed by atoms with van der Waals surface area (Å²) in [5.41, 5.74) is 1.39. The van der Waals surface area contributed by atoms with E-state index in [4.69, 9.17) is 18.9 Å². The number of morpholine rings is 1. The summed E-state index contributed by atoms with van der Waals surface area (Å²) in [4.78, 5) is 26.3. The smallest absolute Gasteiger partial charge is 0.329 e. The van der Waals surface area contributed by atoms with Crippen molar-refractivity contribution in [2.75, 3.05) is 19.1 Å². The zero-order valence-corrected chi connectivity index (χ0v) is 18.0. The molecule has 3 aliphatic rings. The molecule has 3 heterocycles. The Kier molecular flexibility index (Phi) is 4.83. The lowest BCUT2D eigenvalue weighted by Gasteiger charge is -2.56. The highest BCUT2D eigenvalue weighted by atomic mass is 16.7. The van der Waals surface area contributed by atoms with Gasteiger partial charge in [-0.1, -0.05) is 18.2 Å². The summed E-state index contributed by atoms with van der Waals surface area (Å²) in [7, 11) is 2.99. The van der Waals surface area contributed by atoms with E-state index in [1.54, 1.807) is 13.0 Å². The fraction of sp³-hybridized carbons (Fsp3) is 0.435. The number of para-hydroxylation sites is 1. The quantitative estimate of drug-likeness (QED) is 0.309. The van der Waals surface area contributed by atoms with Crippen LogP contribution < -0.4 is 9.64 Å². The SMILES string of the molecule is COC(OC)[C@]1(C)Oc2ccc([N+](=O)[O-])cc2[C@H]2[C@@H]1OC(=O)C1CCc3ccccc3N12. The fourth-order valence-corrected chi connectivity index (χ4v) is 5.32. The van der Waals surface area contributed by atoms with Gasteiger partial charge in [0.05, 0.1) is 4.92 Å². The van der Waals surface area contributed by atoms with E-state index in [-0.39, 0.29) is 11.7 Å². The number of anilines is 1. The van der Waals surface area contributed by atoms with Crippen LogP contribution in [0.4, 0.5) is 11.4 Å². The molecular weight excluding hydrogens is 416 g/mol. The van der Waals surface area contributed by atoms with Gasteiger partial charge in [-0.2, -0.15) is 0 Å². The van der Waals surface area contributed by atoms with Crippen LogP contribution in [-0.4, -0.2) is 49.1 Å². The number of hydrogen-bond acceptors (Lipinski definition) is 8. The van der Waals surface area contributed by atoms with Gasteiger partial charge in [0, 0.05) is 37.6 Å². The molecule has 9 heteroatoms. The molecule has 1 fully saturated rings. The summed E-state index contributed by atoms with van der Waals surface area (Å²) in [6.45, 7) is 1.77. The van der Waals surface area contributed by atoms with Crippen LogP contribution in [-0.2, 0) is 25.4 Å². The van der Waals surface area contributed by atoms with Crippen molar-refractivity contribution in [1.82, 2.24) is 0 Å².